The summed E-state index contributed by atoms with van der Waals surface area (Å²) >= 11 is 0. The first kappa shape index (κ1) is 87.5. The van der Waals surface area contributed by atoms with Crippen molar-refractivity contribution in [3.05, 3.63) is 558 Å². The van der Waals surface area contributed by atoms with Gasteiger partial charge in [-0.15, -0.1) is 0 Å². The first-order valence-corrected chi connectivity index (χ1v) is 45.8. The van der Waals surface area contributed by atoms with Crippen molar-refractivity contribution in [3.63, 3.8) is 0 Å². The first-order valence-electron chi connectivity index (χ1n) is 45.8. The minimum absolute atomic E-state index is 1.16. The zero-order valence-electron chi connectivity index (χ0n) is 75.9. The molecular formula is C130H104N4. The highest BCUT2D eigenvalue weighted by Gasteiger charge is 2.16. The van der Waals surface area contributed by atoms with Crippen LogP contribution in [0.1, 0.15) is 0 Å². The van der Waals surface area contributed by atoms with Crippen LogP contribution in [-0.4, -0.2) is 28.2 Å². The van der Waals surface area contributed by atoms with Crippen molar-refractivity contribution >= 4 is 45.5 Å². The second-order valence-electron chi connectivity index (χ2n) is 33.4. The summed E-state index contributed by atoms with van der Waals surface area (Å²) in [5, 5.41) is 0. The smallest absolute Gasteiger partial charge is 0.0487 e. The van der Waals surface area contributed by atoms with Crippen molar-refractivity contribution in [1.29, 1.82) is 0 Å². The minimum atomic E-state index is 1.16. The molecule has 0 atom stereocenters. The fourth-order valence-electron chi connectivity index (χ4n) is 17.1. The van der Waals surface area contributed by atoms with Gasteiger partial charge in [0.2, 0.25) is 0 Å². The Morgan fingerprint density at radius 1 is 0.0970 bits per heavy atom. The number of benzene rings is 21. The molecule has 21 aromatic rings. The fraction of sp³-hybridized carbons (Fsp3) is 0.0308. The fourth-order valence-corrected chi connectivity index (χ4v) is 17.1. The van der Waals surface area contributed by atoms with E-state index in [2.05, 4.69) is 588 Å². The van der Waals surface area contributed by atoms with Crippen LogP contribution in [-0.2, 0) is 0 Å². The maximum absolute atomic E-state index is 2.29. The summed E-state index contributed by atoms with van der Waals surface area (Å²) < 4.78 is 0. The molecule has 0 aromatic heterocycles. The van der Waals surface area contributed by atoms with Crippen LogP contribution in [0.25, 0.3) is 145 Å². The van der Waals surface area contributed by atoms with Crippen molar-refractivity contribution in [3.8, 4) is 145 Å². The number of nitrogens with zero attached hydrogens (tertiary/aromatic N) is 4. The average molecular weight is 1720 g/mol. The number of para-hydroxylation sites is 1. The molecular weight excluding hydrogens is 1620 g/mol. The quantitative estimate of drug-likeness (QED) is 0.0711. The monoisotopic (exact) mass is 1720 g/mol. The molecule has 0 saturated heterocycles. The van der Waals surface area contributed by atoms with Crippen LogP contribution in [0.15, 0.2) is 558 Å². The molecule has 0 aliphatic carbocycles. The third-order valence-electron chi connectivity index (χ3n) is 24.9. The first-order chi connectivity index (χ1) is 66.1. The standard InChI is InChI=1S/C37H29N.3C31H25N/c1-38(36-21-17-31(18-22-36)28-11-5-2-6-12-28)37-23-19-32(20-24-37)35-26-33(29-13-7-3-8-14-29)25-34(27-35)30-15-9-4-10-16-30;1-32(31-15-9-8-14-30(31)28-12-6-3-7-13-28)29-22-20-27(21-23-29)26-18-16-25(17-19-26)24-10-4-2-5-11-24;1-32(31-14-8-13-29(23-31)25-11-6-3-7-12-25)30-21-19-28(20-22-30)27-17-15-26(16-18-27)24-9-4-2-5-10-24;1-32(30-20-16-28(17-21-30)25-10-6-3-7-11-25)31-22-18-29(19-23-31)27-14-12-26(13-15-27)24-8-4-2-5-9-24/h2-27H,1H3;3*2-23H,1H3. The summed E-state index contributed by atoms with van der Waals surface area (Å²) in [6.45, 7) is 0. The lowest BCUT2D eigenvalue weighted by Gasteiger charge is -2.23. The van der Waals surface area contributed by atoms with E-state index >= 15 is 0 Å². The molecule has 4 nitrogen and oxygen atoms in total. The highest BCUT2D eigenvalue weighted by atomic mass is 15.1. The summed E-state index contributed by atoms with van der Waals surface area (Å²) in [6, 6.07) is 198. The molecule has 0 unspecified atom stereocenters. The summed E-state index contributed by atoms with van der Waals surface area (Å²) in [5.41, 5.74) is 41.3. The van der Waals surface area contributed by atoms with Crippen LogP contribution in [0.3, 0.4) is 0 Å². The Morgan fingerprint density at radius 2 is 0.254 bits per heavy atom. The zero-order valence-corrected chi connectivity index (χ0v) is 75.9. The Labute approximate surface area is 790 Å². The van der Waals surface area contributed by atoms with Gasteiger partial charge >= 0.3 is 0 Å². The van der Waals surface area contributed by atoms with Gasteiger partial charge in [-0.3, -0.25) is 0 Å². The van der Waals surface area contributed by atoms with Gasteiger partial charge in [0, 0.05) is 79.3 Å². The normalized spacial score (nSPS) is 10.7. The Morgan fingerprint density at radius 3 is 0.493 bits per heavy atom. The Kier molecular flexibility index (Phi) is 28.0. The Hall–Kier alpha value is -17.2. The van der Waals surface area contributed by atoms with Gasteiger partial charge in [-0.05, 0) is 248 Å². The van der Waals surface area contributed by atoms with E-state index in [4.69, 9.17) is 0 Å². The Balaban J connectivity index is 0.000000120. The van der Waals surface area contributed by atoms with E-state index in [1.165, 1.54) is 173 Å². The van der Waals surface area contributed by atoms with Crippen molar-refractivity contribution in [2.45, 2.75) is 0 Å². The molecule has 0 radical (unpaired) electrons. The minimum Gasteiger partial charge on any atom is -0.345 e. The topological polar surface area (TPSA) is 13.0 Å². The van der Waals surface area contributed by atoms with Gasteiger partial charge < -0.3 is 19.6 Å². The van der Waals surface area contributed by atoms with Gasteiger partial charge in [-0.2, -0.15) is 0 Å². The third kappa shape index (κ3) is 21.7. The zero-order chi connectivity index (χ0) is 91.0. The highest BCUT2D eigenvalue weighted by Crippen LogP contribution is 2.41. The van der Waals surface area contributed by atoms with E-state index in [9.17, 15) is 0 Å². The molecule has 0 heterocycles. The summed E-state index contributed by atoms with van der Waals surface area (Å²) in [4.78, 5) is 8.94. The lowest BCUT2D eigenvalue weighted by Crippen LogP contribution is -2.10. The number of anilines is 8. The lowest BCUT2D eigenvalue weighted by atomic mass is 9.93. The SMILES string of the molecule is CN(c1ccc(-c2ccc(-c3ccccc3)cc2)cc1)c1cccc(-c2ccccc2)c1.CN(c1ccc(-c2ccc(-c3ccccc3)cc2)cc1)c1ccccc1-c1ccccc1.CN(c1ccc(-c2ccccc2)cc1)c1ccc(-c2cc(-c3ccccc3)cc(-c3ccccc3)c2)cc1.CN(c1ccc(-c2ccccc2)cc1)c1ccc(-c2ccc(-c3ccccc3)cc2)cc1. The third-order valence-corrected chi connectivity index (χ3v) is 24.9. The van der Waals surface area contributed by atoms with Crippen molar-refractivity contribution in [2.24, 2.45) is 0 Å². The second-order valence-corrected chi connectivity index (χ2v) is 33.4. The summed E-state index contributed by atoms with van der Waals surface area (Å²) in [5.74, 6) is 0. The molecule has 644 valence electrons. The molecule has 0 amide bonds. The predicted octanol–water partition coefficient (Wildman–Crippen LogP) is 35.5. The van der Waals surface area contributed by atoms with E-state index < -0.39 is 0 Å². The van der Waals surface area contributed by atoms with Gasteiger partial charge in [0.25, 0.3) is 0 Å². The molecule has 0 fully saturated rings. The lowest BCUT2D eigenvalue weighted by molar-refractivity contribution is 1.21. The number of hydrogen-bond acceptors (Lipinski definition) is 4. The van der Waals surface area contributed by atoms with Gasteiger partial charge in [0.15, 0.2) is 0 Å². The van der Waals surface area contributed by atoms with Crippen molar-refractivity contribution in [1.82, 2.24) is 0 Å². The highest BCUT2D eigenvalue weighted by molar-refractivity contribution is 5.86. The molecule has 134 heavy (non-hydrogen) atoms. The number of rotatable bonds is 21. The second kappa shape index (κ2) is 42.8. The summed E-state index contributed by atoms with van der Waals surface area (Å²) in [6.07, 6.45) is 0. The predicted molar refractivity (Wildman–Crippen MR) is 574 cm³/mol. The van der Waals surface area contributed by atoms with Crippen LogP contribution in [0, 0.1) is 0 Å². The van der Waals surface area contributed by atoms with Crippen molar-refractivity contribution < 1.29 is 0 Å². The van der Waals surface area contributed by atoms with E-state index in [0.29, 0.717) is 0 Å². The molecule has 0 N–H and O–H groups in total. The van der Waals surface area contributed by atoms with E-state index in [1.54, 1.807) is 0 Å². The molecule has 21 rings (SSSR count). The maximum atomic E-state index is 2.29. The molecule has 0 aliphatic rings. The van der Waals surface area contributed by atoms with Crippen LogP contribution in [0.5, 0.6) is 0 Å². The van der Waals surface area contributed by atoms with Gasteiger partial charge in [-0.25, -0.2) is 0 Å². The van der Waals surface area contributed by atoms with Crippen LogP contribution >= 0.6 is 0 Å². The molecule has 0 bridgehead atoms. The summed E-state index contributed by atoms with van der Waals surface area (Å²) in [7, 11) is 8.48. The molecule has 21 aromatic carbocycles. The van der Waals surface area contributed by atoms with Crippen LogP contribution < -0.4 is 19.6 Å². The molecule has 0 saturated carbocycles. The molecule has 4 heteroatoms. The van der Waals surface area contributed by atoms with Crippen molar-refractivity contribution in [2.75, 3.05) is 47.8 Å². The van der Waals surface area contributed by atoms with E-state index in [-0.39, 0.29) is 0 Å². The van der Waals surface area contributed by atoms with E-state index in [0.717, 1.165) is 17.1 Å². The largest absolute Gasteiger partial charge is 0.345 e. The van der Waals surface area contributed by atoms with Crippen LogP contribution in [0.2, 0.25) is 0 Å². The van der Waals surface area contributed by atoms with Gasteiger partial charge in [0.1, 0.15) is 0 Å². The van der Waals surface area contributed by atoms with E-state index in [1.807, 2.05) is 18.2 Å². The maximum Gasteiger partial charge on any atom is 0.0487 e. The molecule has 0 spiro atoms. The number of hydrogen-bond donors (Lipinski definition) is 0. The average Bonchev–Trinajstić information content (AvgIpc) is 0.815. The Bertz CT molecular complexity index is 7190. The van der Waals surface area contributed by atoms with Gasteiger partial charge in [-0.1, -0.05) is 449 Å². The van der Waals surface area contributed by atoms with Gasteiger partial charge in [0.05, 0.1) is 0 Å². The molecule has 0 aliphatic heterocycles. The van der Waals surface area contributed by atoms with Crippen LogP contribution in [0.4, 0.5) is 45.5 Å².